The monoisotopic (exact) mass is 344 g/mol. The van der Waals surface area contributed by atoms with Crippen LogP contribution >= 0.6 is 0 Å². The van der Waals surface area contributed by atoms with Gasteiger partial charge in [0.2, 0.25) is 0 Å². The molecule has 7 heteroatoms. The largest absolute Gasteiger partial charge is 0.361 e. The SMILES string of the molecule is CN(C)S(=O)(=O)N(C)Cc1c[nH]c2cc(-c3ccncc3)ccc12. The van der Waals surface area contributed by atoms with E-state index >= 15 is 0 Å². The molecule has 2 aromatic heterocycles. The van der Waals surface area contributed by atoms with Crippen LogP contribution in [0.25, 0.3) is 22.0 Å². The van der Waals surface area contributed by atoms with Crippen LogP contribution in [-0.4, -0.2) is 48.1 Å². The third-order valence-corrected chi connectivity index (χ3v) is 5.87. The van der Waals surface area contributed by atoms with E-state index in [0.29, 0.717) is 6.54 Å². The van der Waals surface area contributed by atoms with Gasteiger partial charge in [-0.15, -0.1) is 0 Å². The minimum atomic E-state index is -3.43. The van der Waals surface area contributed by atoms with Crippen molar-refractivity contribution in [3.05, 3.63) is 54.5 Å². The Bertz CT molecular complexity index is 949. The van der Waals surface area contributed by atoms with Crippen LogP contribution in [0.3, 0.4) is 0 Å². The average Bonchev–Trinajstić information content (AvgIpc) is 2.97. The molecule has 0 unspecified atom stereocenters. The summed E-state index contributed by atoms with van der Waals surface area (Å²) in [6, 6.07) is 10.0. The number of H-pyrrole nitrogens is 1. The molecule has 24 heavy (non-hydrogen) atoms. The Morgan fingerprint density at radius 3 is 2.42 bits per heavy atom. The van der Waals surface area contributed by atoms with Crippen LogP contribution in [0.2, 0.25) is 0 Å². The second-order valence-corrected chi connectivity index (χ2v) is 8.11. The van der Waals surface area contributed by atoms with Gasteiger partial charge in [-0.3, -0.25) is 4.98 Å². The molecular formula is C17H20N4O2S. The molecule has 0 aliphatic heterocycles. The van der Waals surface area contributed by atoms with Gasteiger partial charge in [-0.25, -0.2) is 0 Å². The lowest BCUT2D eigenvalue weighted by atomic mass is 10.0. The van der Waals surface area contributed by atoms with Crippen molar-refractivity contribution >= 4 is 21.1 Å². The van der Waals surface area contributed by atoms with Crippen LogP contribution in [0.4, 0.5) is 0 Å². The van der Waals surface area contributed by atoms with E-state index in [0.717, 1.165) is 27.6 Å². The molecule has 126 valence electrons. The second-order valence-electron chi connectivity index (χ2n) is 5.86. The van der Waals surface area contributed by atoms with Gasteiger partial charge in [0.05, 0.1) is 0 Å². The van der Waals surface area contributed by atoms with Crippen molar-refractivity contribution in [1.29, 1.82) is 0 Å². The highest BCUT2D eigenvalue weighted by Crippen LogP contribution is 2.26. The zero-order chi connectivity index (χ0) is 17.3. The van der Waals surface area contributed by atoms with Crippen molar-refractivity contribution in [1.82, 2.24) is 18.6 Å². The number of aromatic amines is 1. The van der Waals surface area contributed by atoms with Gasteiger partial charge in [-0.05, 0) is 34.9 Å². The van der Waals surface area contributed by atoms with Gasteiger partial charge < -0.3 is 4.98 Å². The van der Waals surface area contributed by atoms with Crippen molar-refractivity contribution in [2.45, 2.75) is 6.54 Å². The summed E-state index contributed by atoms with van der Waals surface area (Å²) in [5, 5.41) is 1.02. The third kappa shape index (κ3) is 3.06. The van der Waals surface area contributed by atoms with Gasteiger partial charge in [0.25, 0.3) is 10.2 Å². The molecule has 6 nitrogen and oxygen atoms in total. The molecule has 0 atom stereocenters. The van der Waals surface area contributed by atoms with Gasteiger partial charge in [-0.2, -0.15) is 17.0 Å². The Hall–Kier alpha value is -2.22. The molecule has 0 saturated heterocycles. The van der Waals surface area contributed by atoms with Crippen molar-refractivity contribution in [3.8, 4) is 11.1 Å². The molecule has 0 saturated carbocycles. The highest BCUT2D eigenvalue weighted by Gasteiger charge is 2.21. The number of pyridine rings is 1. The van der Waals surface area contributed by atoms with Crippen LogP contribution in [0, 0.1) is 0 Å². The summed E-state index contributed by atoms with van der Waals surface area (Å²) in [5.74, 6) is 0. The Morgan fingerprint density at radius 1 is 1.04 bits per heavy atom. The minimum Gasteiger partial charge on any atom is -0.361 e. The lowest BCUT2D eigenvalue weighted by Gasteiger charge is -2.21. The summed E-state index contributed by atoms with van der Waals surface area (Å²) in [5.41, 5.74) is 4.11. The molecule has 1 N–H and O–H groups in total. The number of nitrogens with one attached hydrogen (secondary N) is 1. The summed E-state index contributed by atoms with van der Waals surface area (Å²) in [4.78, 5) is 7.27. The maximum atomic E-state index is 12.2. The fourth-order valence-electron chi connectivity index (χ4n) is 2.64. The van der Waals surface area contributed by atoms with Crippen molar-refractivity contribution in [2.75, 3.05) is 21.1 Å². The van der Waals surface area contributed by atoms with E-state index < -0.39 is 10.2 Å². The van der Waals surface area contributed by atoms with Gasteiger partial charge >= 0.3 is 0 Å². The van der Waals surface area contributed by atoms with Crippen molar-refractivity contribution in [2.24, 2.45) is 0 Å². The third-order valence-electron chi connectivity index (χ3n) is 4.03. The first-order valence-electron chi connectivity index (χ1n) is 7.54. The summed E-state index contributed by atoms with van der Waals surface area (Å²) in [7, 11) is 1.22. The van der Waals surface area contributed by atoms with E-state index in [2.05, 4.69) is 16.0 Å². The number of benzene rings is 1. The number of rotatable bonds is 5. The minimum absolute atomic E-state index is 0.315. The van der Waals surface area contributed by atoms with E-state index in [1.165, 1.54) is 22.7 Å². The molecule has 0 bridgehead atoms. The van der Waals surface area contributed by atoms with Crippen molar-refractivity contribution in [3.63, 3.8) is 0 Å². The van der Waals surface area contributed by atoms with Crippen LogP contribution < -0.4 is 0 Å². The molecule has 2 heterocycles. The fraction of sp³-hybridized carbons (Fsp3) is 0.235. The smallest absolute Gasteiger partial charge is 0.281 e. The number of hydrogen-bond acceptors (Lipinski definition) is 3. The van der Waals surface area contributed by atoms with Gasteiger partial charge in [-0.1, -0.05) is 12.1 Å². The van der Waals surface area contributed by atoms with Gasteiger partial charge in [0.15, 0.2) is 0 Å². The zero-order valence-corrected chi connectivity index (χ0v) is 14.7. The number of aromatic nitrogens is 2. The van der Waals surface area contributed by atoms with Crippen LogP contribution in [0.15, 0.2) is 48.9 Å². The Kier molecular flexibility index (Phi) is 4.40. The van der Waals surface area contributed by atoms with Crippen LogP contribution in [-0.2, 0) is 16.8 Å². The maximum absolute atomic E-state index is 12.2. The standard InChI is InChI=1S/C17H20N4O2S/c1-20(2)24(22,23)21(3)12-15-11-19-17-10-14(4-5-16(15)17)13-6-8-18-9-7-13/h4-11,19H,12H2,1-3H3. The molecule has 0 aliphatic rings. The highest BCUT2D eigenvalue weighted by molar-refractivity contribution is 7.86. The number of fused-ring (bicyclic) bond motifs is 1. The normalized spacial score (nSPS) is 12.4. The maximum Gasteiger partial charge on any atom is 0.281 e. The molecule has 0 radical (unpaired) electrons. The van der Waals surface area contributed by atoms with E-state index in [-0.39, 0.29) is 0 Å². The van der Waals surface area contributed by atoms with E-state index in [1.807, 2.05) is 30.5 Å². The molecular weight excluding hydrogens is 324 g/mol. The molecule has 0 spiro atoms. The molecule has 0 aliphatic carbocycles. The molecule has 1 aromatic carbocycles. The molecule has 0 fully saturated rings. The first-order chi connectivity index (χ1) is 11.4. The summed E-state index contributed by atoms with van der Waals surface area (Å²) < 4.78 is 26.9. The van der Waals surface area contributed by atoms with Crippen molar-refractivity contribution < 1.29 is 8.42 Å². The molecule has 3 aromatic rings. The molecule has 3 rings (SSSR count). The van der Waals surface area contributed by atoms with Gasteiger partial charge in [0, 0.05) is 57.2 Å². The lowest BCUT2D eigenvalue weighted by molar-refractivity contribution is 0.415. The van der Waals surface area contributed by atoms with E-state index in [1.54, 1.807) is 19.4 Å². The lowest BCUT2D eigenvalue weighted by Crippen LogP contribution is -2.36. The molecule has 0 amide bonds. The predicted molar refractivity (Wildman–Crippen MR) is 95.6 cm³/mol. The van der Waals surface area contributed by atoms with Crippen LogP contribution in [0.5, 0.6) is 0 Å². The topological polar surface area (TPSA) is 69.3 Å². The zero-order valence-electron chi connectivity index (χ0n) is 13.9. The van der Waals surface area contributed by atoms with Gasteiger partial charge in [0.1, 0.15) is 0 Å². The summed E-state index contributed by atoms with van der Waals surface area (Å²) >= 11 is 0. The Balaban J connectivity index is 1.92. The second kappa shape index (κ2) is 6.35. The Labute approximate surface area is 141 Å². The first kappa shape index (κ1) is 16.6. The fourth-order valence-corrected chi connectivity index (χ4v) is 3.50. The quantitative estimate of drug-likeness (QED) is 0.773. The summed E-state index contributed by atoms with van der Waals surface area (Å²) in [6.45, 7) is 0.315. The summed E-state index contributed by atoms with van der Waals surface area (Å²) in [6.07, 6.45) is 5.39. The number of nitrogens with zero attached hydrogens (tertiary/aromatic N) is 3. The van der Waals surface area contributed by atoms with E-state index in [9.17, 15) is 8.42 Å². The highest BCUT2D eigenvalue weighted by atomic mass is 32.2. The predicted octanol–water partition coefficient (Wildman–Crippen LogP) is 2.47. The van der Waals surface area contributed by atoms with E-state index in [4.69, 9.17) is 0 Å². The number of hydrogen-bond donors (Lipinski definition) is 1. The van der Waals surface area contributed by atoms with Crippen LogP contribution in [0.1, 0.15) is 5.56 Å². The Morgan fingerprint density at radius 2 is 1.75 bits per heavy atom. The average molecular weight is 344 g/mol. The first-order valence-corrected chi connectivity index (χ1v) is 8.93.